The van der Waals surface area contributed by atoms with Gasteiger partial charge in [0.05, 0.1) is 6.04 Å². The van der Waals surface area contributed by atoms with E-state index in [2.05, 4.69) is 76.7 Å². The Balaban J connectivity index is 1.36. The number of carbonyl (C=O) groups is 1. The van der Waals surface area contributed by atoms with Crippen molar-refractivity contribution >= 4 is 39.5 Å². The van der Waals surface area contributed by atoms with Crippen LogP contribution in [0, 0.1) is 0 Å². The Morgan fingerprint density at radius 1 is 1.03 bits per heavy atom. The predicted octanol–water partition coefficient (Wildman–Crippen LogP) is 5.20. The Morgan fingerprint density at radius 3 is 2.63 bits per heavy atom. The third-order valence-corrected chi connectivity index (χ3v) is 5.88. The van der Waals surface area contributed by atoms with E-state index in [9.17, 15) is 4.79 Å². The average Bonchev–Trinajstić information content (AvgIpc) is 3.37. The first-order chi connectivity index (χ1) is 14.7. The minimum absolute atomic E-state index is 0.0186. The largest absolute Gasteiger partial charge is 0.341 e. The fourth-order valence-corrected chi connectivity index (χ4v) is 4.44. The number of nitrogens with one attached hydrogen (secondary N) is 2. The minimum Gasteiger partial charge on any atom is -0.341 e. The van der Waals surface area contributed by atoms with Crippen molar-refractivity contribution in [3.63, 3.8) is 0 Å². The van der Waals surface area contributed by atoms with Gasteiger partial charge in [-0.3, -0.25) is 4.79 Å². The highest BCUT2D eigenvalue weighted by molar-refractivity contribution is 6.10. The van der Waals surface area contributed by atoms with Crippen molar-refractivity contribution in [2.45, 2.75) is 25.9 Å². The number of carbonyl (C=O) groups excluding carboxylic acids is 1. The number of fused-ring (bicyclic) bond motifs is 3. The molecule has 4 heteroatoms. The fraction of sp³-hybridized carbons (Fsp3) is 0.192. The Hall–Kier alpha value is -3.37. The predicted molar refractivity (Wildman–Crippen MR) is 125 cm³/mol. The second-order valence-corrected chi connectivity index (χ2v) is 7.83. The van der Waals surface area contributed by atoms with Crippen LogP contribution in [-0.2, 0) is 11.3 Å². The van der Waals surface area contributed by atoms with E-state index < -0.39 is 0 Å². The molecule has 3 aromatic carbocycles. The molecule has 0 spiro atoms. The minimum atomic E-state index is -0.201. The van der Waals surface area contributed by atoms with Crippen molar-refractivity contribution in [3.8, 4) is 0 Å². The molecule has 2 N–H and O–H groups in total. The van der Waals surface area contributed by atoms with Gasteiger partial charge in [0.15, 0.2) is 0 Å². The summed E-state index contributed by atoms with van der Waals surface area (Å²) in [6.45, 7) is 3.82. The van der Waals surface area contributed by atoms with Gasteiger partial charge in [0.1, 0.15) is 0 Å². The molecule has 0 radical (unpaired) electrons. The molecule has 150 valence electrons. The molecular formula is C26H25N3O. The maximum atomic E-state index is 12.9. The quantitative estimate of drug-likeness (QED) is 0.499. The van der Waals surface area contributed by atoms with Crippen LogP contribution in [0.2, 0.25) is 0 Å². The molecule has 0 aliphatic carbocycles. The monoisotopic (exact) mass is 395 g/mol. The van der Waals surface area contributed by atoms with Gasteiger partial charge in [-0.1, -0.05) is 60.2 Å². The van der Waals surface area contributed by atoms with Gasteiger partial charge in [0.25, 0.3) is 0 Å². The van der Waals surface area contributed by atoms with Crippen LogP contribution < -0.4 is 10.6 Å². The molecule has 30 heavy (non-hydrogen) atoms. The van der Waals surface area contributed by atoms with Crippen molar-refractivity contribution in [2.24, 2.45) is 0 Å². The first-order valence-electron chi connectivity index (χ1n) is 10.5. The van der Waals surface area contributed by atoms with Crippen LogP contribution >= 0.6 is 0 Å². The summed E-state index contributed by atoms with van der Waals surface area (Å²) in [4.78, 5) is 12.9. The fourth-order valence-electron chi connectivity index (χ4n) is 4.44. The highest BCUT2D eigenvalue weighted by Crippen LogP contribution is 2.31. The maximum absolute atomic E-state index is 12.9. The van der Waals surface area contributed by atoms with E-state index in [4.69, 9.17) is 0 Å². The number of benzene rings is 3. The van der Waals surface area contributed by atoms with Gasteiger partial charge >= 0.3 is 0 Å². The molecule has 1 atom stereocenters. The zero-order chi connectivity index (χ0) is 20.5. The summed E-state index contributed by atoms with van der Waals surface area (Å²) in [5.74, 6) is 0.0186. The first kappa shape index (κ1) is 18.6. The number of rotatable bonds is 4. The highest BCUT2D eigenvalue weighted by atomic mass is 16.2. The summed E-state index contributed by atoms with van der Waals surface area (Å²) >= 11 is 0. The lowest BCUT2D eigenvalue weighted by molar-refractivity contribution is -0.117. The van der Waals surface area contributed by atoms with Crippen LogP contribution in [0.15, 0.2) is 78.4 Å². The zero-order valence-electron chi connectivity index (χ0n) is 17.1. The van der Waals surface area contributed by atoms with Crippen LogP contribution in [0.5, 0.6) is 0 Å². The summed E-state index contributed by atoms with van der Waals surface area (Å²) in [6, 6.07) is 24.7. The topological polar surface area (TPSA) is 46.1 Å². The summed E-state index contributed by atoms with van der Waals surface area (Å²) in [5.41, 5.74) is 5.69. The third-order valence-electron chi connectivity index (χ3n) is 5.88. The molecule has 0 unspecified atom stereocenters. The number of para-hydroxylation sites is 1. The second kappa shape index (κ2) is 7.81. The Kier molecular flexibility index (Phi) is 4.85. The van der Waals surface area contributed by atoms with Crippen molar-refractivity contribution in [1.29, 1.82) is 0 Å². The number of hydrogen-bond donors (Lipinski definition) is 2. The Bertz CT molecular complexity index is 1250. The zero-order valence-corrected chi connectivity index (χ0v) is 17.1. The number of hydrogen-bond acceptors (Lipinski definition) is 2. The molecular weight excluding hydrogens is 370 g/mol. The highest BCUT2D eigenvalue weighted by Gasteiger charge is 2.25. The standard InChI is InChI=1S/C26H25N3O/c1-2-29-24-11-7-6-10-21(24)22-16-20(12-13-25(22)29)28-26(30)23-15-19(17-27-23)14-18-8-4-3-5-9-18/h3-14,16,23,27H,2,15,17H2,1H3,(H,28,30)/b19-14+/t23-/m0/s1. The van der Waals surface area contributed by atoms with Gasteiger partial charge in [-0.05, 0) is 43.2 Å². The van der Waals surface area contributed by atoms with E-state index in [-0.39, 0.29) is 11.9 Å². The van der Waals surface area contributed by atoms with Crippen LogP contribution in [0.1, 0.15) is 18.9 Å². The third kappa shape index (κ3) is 3.40. The van der Waals surface area contributed by atoms with Crippen LogP contribution in [0.25, 0.3) is 27.9 Å². The molecule has 4 nitrogen and oxygen atoms in total. The summed E-state index contributed by atoms with van der Waals surface area (Å²) in [5, 5.41) is 8.85. The van der Waals surface area contributed by atoms with Crippen LogP contribution in [0.4, 0.5) is 5.69 Å². The molecule has 1 amide bonds. The van der Waals surface area contributed by atoms with E-state index in [1.165, 1.54) is 32.9 Å². The Labute approximate surface area is 176 Å². The van der Waals surface area contributed by atoms with Crippen molar-refractivity contribution in [2.75, 3.05) is 11.9 Å². The van der Waals surface area contributed by atoms with E-state index in [1.54, 1.807) is 0 Å². The van der Waals surface area contributed by atoms with Gasteiger partial charge in [-0.15, -0.1) is 0 Å². The lowest BCUT2D eigenvalue weighted by Gasteiger charge is -2.11. The number of anilines is 1. The molecule has 4 aromatic rings. The molecule has 1 saturated heterocycles. The number of aromatic nitrogens is 1. The van der Waals surface area contributed by atoms with E-state index in [1.807, 2.05) is 24.3 Å². The Morgan fingerprint density at radius 2 is 1.80 bits per heavy atom. The summed E-state index contributed by atoms with van der Waals surface area (Å²) < 4.78 is 2.31. The molecule has 1 fully saturated rings. The molecule has 5 rings (SSSR count). The molecule has 0 bridgehead atoms. The normalized spacial score (nSPS) is 17.8. The average molecular weight is 396 g/mol. The second-order valence-electron chi connectivity index (χ2n) is 7.83. The summed E-state index contributed by atoms with van der Waals surface area (Å²) in [7, 11) is 0. The lowest BCUT2D eigenvalue weighted by Crippen LogP contribution is -2.35. The van der Waals surface area contributed by atoms with Gasteiger partial charge in [-0.25, -0.2) is 0 Å². The van der Waals surface area contributed by atoms with Crippen LogP contribution in [-0.4, -0.2) is 23.1 Å². The number of amides is 1. The number of aryl methyl sites for hydroxylation is 1. The van der Waals surface area contributed by atoms with E-state index in [0.717, 1.165) is 25.2 Å². The van der Waals surface area contributed by atoms with Crippen molar-refractivity contribution < 1.29 is 4.79 Å². The first-order valence-corrected chi connectivity index (χ1v) is 10.5. The van der Waals surface area contributed by atoms with Crippen molar-refractivity contribution in [1.82, 2.24) is 9.88 Å². The molecule has 2 heterocycles. The van der Waals surface area contributed by atoms with Gasteiger partial charge in [0, 0.05) is 40.6 Å². The smallest absolute Gasteiger partial charge is 0.241 e. The number of nitrogens with zero attached hydrogens (tertiary/aromatic N) is 1. The lowest BCUT2D eigenvalue weighted by atomic mass is 10.1. The van der Waals surface area contributed by atoms with Crippen LogP contribution in [0.3, 0.4) is 0 Å². The van der Waals surface area contributed by atoms with Gasteiger partial charge in [-0.2, -0.15) is 0 Å². The van der Waals surface area contributed by atoms with E-state index in [0.29, 0.717) is 0 Å². The summed E-state index contributed by atoms with van der Waals surface area (Å²) in [6.07, 6.45) is 2.91. The van der Waals surface area contributed by atoms with Crippen molar-refractivity contribution in [3.05, 3.63) is 83.9 Å². The molecule has 1 aliphatic heterocycles. The van der Waals surface area contributed by atoms with Gasteiger partial charge < -0.3 is 15.2 Å². The maximum Gasteiger partial charge on any atom is 0.241 e. The molecule has 1 aliphatic rings. The molecule has 1 aromatic heterocycles. The SMILES string of the molecule is CCn1c2ccccc2c2cc(NC(=O)[C@@H]3C/C(=C\c4ccccc4)CN3)ccc21. The molecule has 0 saturated carbocycles. The van der Waals surface area contributed by atoms with Gasteiger partial charge in [0.2, 0.25) is 5.91 Å². The van der Waals surface area contributed by atoms with E-state index >= 15 is 0 Å².